The van der Waals surface area contributed by atoms with Gasteiger partial charge < -0.3 is 29.2 Å². The molecule has 5 rings (SSSR count). The molecule has 220 valence electrons. The van der Waals surface area contributed by atoms with E-state index < -0.39 is 21.2 Å². The van der Waals surface area contributed by atoms with Crippen molar-refractivity contribution < 1.29 is 22.4 Å². The Morgan fingerprint density at radius 2 is 1.56 bits per heavy atom. The Morgan fingerprint density at radius 1 is 0.927 bits per heavy atom. The molecule has 3 aromatic rings. The van der Waals surface area contributed by atoms with Crippen LogP contribution < -0.4 is 25.3 Å². The van der Waals surface area contributed by atoms with E-state index in [0.717, 1.165) is 37.6 Å². The molecule has 41 heavy (non-hydrogen) atoms. The van der Waals surface area contributed by atoms with Gasteiger partial charge >= 0.3 is 0 Å². The third-order valence-electron chi connectivity index (χ3n) is 7.77. The lowest BCUT2D eigenvalue weighted by atomic mass is 10.1. The lowest BCUT2D eigenvalue weighted by Crippen LogP contribution is -2.50. The molecule has 2 aliphatic heterocycles. The van der Waals surface area contributed by atoms with Crippen molar-refractivity contribution in [2.24, 2.45) is 0 Å². The minimum atomic E-state index is -3.27. The molecule has 12 heteroatoms. The molecule has 2 aliphatic rings. The first kappa shape index (κ1) is 28.9. The van der Waals surface area contributed by atoms with Crippen LogP contribution in [0.15, 0.2) is 51.7 Å². The number of nitrogens with zero attached hydrogens (tertiary/aromatic N) is 4. The summed E-state index contributed by atoms with van der Waals surface area (Å²) in [6.07, 6.45) is 0. The number of sulfonamides is 1. The van der Waals surface area contributed by atoms with Gasteiger partial charge in [0, 0.05) is 75.9 Å². The van der Waals surface area contributed by atoms with E-state index in [0.29, 0.717) is 48.6 Å². The standard InChI is InChI=1S/C29H37N5O6S/c1-20(2)41(37,38)34-15-13-32(14-16-34)22-7-5-21(6-8-22)30-29(36)27-19-26(35)24-17-23(39-4)18-25(28(24)40-27)33-11-9-31(3)10-12-33/h5-8,17-20H,9-16H2,1-4H3,(H,30,36). The van der Waals surface area contributed by atoms with Gasteiger partial charge in [-0.2, -0.15) is 4.31 Å². The third kappa shape index (κ3) is 6.04. The van der Waals surface area contributed by atoms with Gasteiger partial charge in [0.05, 0.1) is 23.4 Å². The van der Waals surface area contributed by atoms with Crippen LogP contribution in [0.1, 0.15) is 24.4 Å². The van der Waals surface area contributed by atoms with Gasteiger partial charge in [-0.15, -0.1) is 0 Å². The number of likely N-dealkylation sites (N-methyl/N-ethyl adjacent to an activating group) is 1. The quantitative estimate of drug-likeness (QED) is 0.448. The van der Waals surface area contributed by atoms with Gasteiger partial charge in [0.15, 0.2) is 16.8 Å². The number of ether oxygens (including phenoxy) is 1. The minimum absolute atomic E-state index is 0.0744. The Kier molecular flexibility index (Phi) is 8.25. The zero-order chi connectivity index (χ0) is 29.3. The van der Waals surface area contributed by atoms with Crippen LogP contribution in [0, 0.1) is 0 Å². The Labute approximate surface area is 240 Å². The molecule has 2 saturated heterocycles. The van der Waals surface area contributed by atoms with Crippen LogP contribution in [0.25, 0.3) is 11.0 Å². The minimum Gasteiger partial charge on any atom is -0.497 e. The van der Waals surface area contributed by atoms with E-state index in [-0.39, 0.29) is 11.2 Å². The van der Waals surface area contributed by atoms with Crippen LogP contribution in [-0.2, 0) is 10.0 Å². The van der Waals surface area contributed by atoms with Crippen molar-refractivity contribution >= 4 is 44.0 Å². The molecular formula is C29H37N5O6S. The third-order valence-corrected chi connectivity index (χ3v) is 10.0. The second-order valence-electron chi connectivity index (χ2n) is 10.8. The average Bonchev–Trinajstić information content (AvgIpc) is 2.97. The van der Waals surface area contributed by atoms with E-state index in [1.165, 1.54) is 6.07 Å². The molecule has 11 nitrogen and oxygen atoms in total. The summed E-state index contributed by atoms with van der Waals surface area (Å²) in [6, 6.07) is 12.0. The topological polar surface area (TPSA) is 116 Å². The fraction of sp³-hybridized carbons (Fsp3) is 0.448. The number of carbonyl (C=O) groups is 1. The molecule has 1 amide bonds. The van der Waals surface area contributed by atoms with Crippen LogP contribution in [0.4, 0.5) is 17.1 Å². The molecular weight excluding hydrogens is 546 g/mol. The number of nitrogens with one attached hydrogen (secondary N) is 1. The number of benzene rings is 2. The molecule has 0 atom stereocenters. The van der Waals surface area contributed by atoms with Crippen LogP contribution in [0.5, 0.6) is 5.75 Å². The van der Waals surface area contributed by atoms with Gasteiger partial charge in [-0.3, -0.25) is 9.59 Å². The summed E-state index contributed by atoms with van der Waals surface area (Å²) in [5.74, 6) is -0.0435. The number of hydrogen-bond acceptors (Lipinski definition) is 9. The molecule has 0 aliphatic carbocycles. The van der Waals surface area contributed by atoms with Gasteiger partial charge in [-0.05, 0) is 51.2 Å². The molecule has 2 aromatic carbocycles. The number of anilines is 3. The first-order valence-electron chi connectivity index (χ1n) is 13.8. The van der Waals surface area contributed by atoms with Crippen LogP contribution >= 0.6 is 0 Å². The molecule has 0 bridgehead atoms. The Morgan fingerprint density at radius 3 is 2.17 bits per heavy atom. The summed E-state index contributed by atoms with van der Waals surface area (Å²) in [6.45, 7) is 8.67. The Bertz CT molecular complexity index is 1570. The summed E-state index contributed by atoms with van der Waals surface area (Å²) >= 11 is 0. The van der Waals surface area contributed by atoms with Crippen molar-refractivity contribution in [1.29, 1.82) is 0 Å². The number of fused-ring (bicyclic) bond motifs is 1. The predicted octanol–water partition coefficient (Wildman–Crippen LogP) is 2.67. The van der Waals surface area contributed by atoms with Crippen LogP contribution in [-0.4, -0.2) is 95.3 Å². The molecule has 2 fully saturated rings. The van der Waals surface area contributed by atoms with Gasteiger partial charge in [-0.25, -0.2) is 8.42 Å². The van der Waals surface area contributed by atoms with Crippen molar-refractivity contribution in [3.63, 3.8) is 0 Å². The summed E-state index contributed by atoms with van der Waals surface area (Å²) in [4.78, 5) is 32.8. The first-order valence-corrected chi connectivity index (χ1v) is 15.3. The maximum absolute atomic E-state index is 13.2. The maximum Gasteiger partial charge on any atom is 0.291 e. The second kappa shape index (κ2) is 11.7. The number of rotatable bonds is 7. The molecule has 0 unspecified atom stereocenters. The van der Waals surface area contributed by atoms with Crippen molar-refractivity contribution in [1.82, 2.24) is 9.21 Å². The highest BCUT2D eigenvalue weighted by Crippen LogP contribution is 2.32. The maximum atomic E-state index is 13.2. The average molecular weight is 584 g/mol. The smallest absolute Gasteiger partial charge is 0.291 e. The highest BCUT2D eigenvalue weighted by atomic mass is 32.2. The van der Waals surface area contributed by atoms with Gasteiger partial charge in [-0.1, -0.05) is 0 Å². The van der Waals surface area contributed by atoms with Crippen molar-refractivity contribution in [3.8, 4) is 5.75 Å². The molecule has 3 heterocycles. The van der Waals surface area contributed by atoms with E-state index in [2.05, 4.69) is 27.1 Å². The first-order chi connectivity index (χ1) is 19.6. The van der Waals surface area contributed by atoms with Crippen molar-refractivity contribution in [2.75, 3.05) is 81.6 Å². The summed E-state index contributed by atoms with van der Waals surface area (Å²) < 4.78 is 38.0. The molecule has 0 saturated carbocycles. The van der Waals surface area contributed by atoms with E-state index in [1.807, 2.05) is 18.2 Å². The van der Waals surface area contributed by atoms with E-state index in [9.17, 15) is 18.0 Å². The zero-order valence-electron chi connectivity index (χ0n) is 23.9. The van der Waals surface area contributed by atoms with Gasteiger partial charge in [0.25, 0.3) is 5.91 Å². The van der Waals surface area contributed by atoms with E-state index in [1.54, 1.807) is 43.5 Å². The van der Waals surface area contributed by atoms with Gasteiger partial charge in [0.2, 0.25) is 10.0 Å². The zero-order valence-corrected chi connectivity index (χ0v) is 24.7. The normalized spacial score (nSPS) is 17.3. The molecule has 1 N–H and O–H groups in total. The summed E-state index contributed by atoms with van der Waals surface area (Å²) in [5, 5.41) is 2.75. The summed E-state index contributed by atoms with van der Waals surface area (Å²) in [5.41, 5.74) is 2.26. The largest absolute Gasteiger partial charge is 0.497 e. The van der Waals surface area contributed by atoms with Crippen LogP contribution in [0.3, 0.4) is 0 Å². The monoisotopic (exact) mass is 583 g/mol. The lowest BCUT2D eigenvalue weighted by Gasteiger charge is -2.36. The van der Waals surface area contributed by atoms with E-state index in [4.69, 9.17) is 9.15 Å². The fourth-order valence-electron chi connectivity index (χ4n) is 5.17. The summed E-state index contributed by atoms with van der Waals surface area (Å²) in [7, 11) is 0.356. The number of hydrogen-bond donors (Lipinski definition) is 1. The van der Waals surface area contributed by atoms with E-state index >= 15 is 0 Å². The second-order valence-corrected chi connectivity index (χ2v) is 13.3. The number of amides is 1. The van der Waals surface area contributed by atoms with Gasteiger partial charge in [0.1, 0.15) is 5.75 Å². The SMILES string of the molecule is COc1cc(N2CCN(C)CC2)c2oc(C(=O)Nc3ccc(N4CCN(S(=O)(=O)C(C)C)CC4)cc3)cc(=O)c2c1. The molecule has 0 radical (unpaired) electrons. The number of methoxy groups -OCH3 is 1. The molecule has 1 aromatic heterocycles. The van der Waals surface area contributed by atoms with Crippen molar-refractivity contribution in [2.45, 2.75) is 19.1 Å². The number of piperazine rings is 2. The molecule has 0 spiro atoms. The number of carbonyl (C=O) groups excluding carboxylic acids is 1. The Balaban J connectivity index is 1.32. The predicted molar refractivity (Wildman–Crippen MR) is 161 cm³/mol. The Hall–Kier alpha value is -3.61. The lowest BCUT2D eigenvalue weighted by molar-refractivity contribution is 0.0997. The van der Waals surface area contributed by atoms with Crippen LogP contribution in [0.2, 0.25) is 0 Å². The fourth-order valence-corrected chi connectivity index (χ4v) is 6.44. The highest BCUT2D eigenvalue weighted by molar-refractivity contribution is 7.89. The van der Waals surface area contributed by atoms with Crippen molar-refractivity contribution in [3.05, 3.63) is 58.4 Å². The highest BCUT2D eigenvalue weighted by Gasteiger charge is 2.29.